The van der Waals surface area contributed by atoms with E-state index < -0.39 is 0 Å². The van der Waals surface area contributed by atoms with Crippen molar-refractivity contribution >= 4 is 10.9 Å². The SMILES string of the molecule is CCN1CCN(CCCOc2cccc3cccnc23)CC1. The molecule has 0 aliphatic carbocycles. The number of para-hydroxylation sites is 1. The fourth-order valence-corrected chi connectivity index (χ4v) is 2.99. The van der Waals surface area contributed by atoms with Crippen molar-refractivity contribution in [2.75, 3.05) is 45.9 Å². The summed E-state index contributed by atoms with van der Waals surface area (Å²) >= 11 is 0. The highest BCUT2D eigenvalue weighted by molar-refractivity contribution is 5.84. The Labute approximate surface area is 132 Å². The lowest BCUT2D eigenvalue weighted by Crippen LogP contribution is -2.46. The van der Waals surface area contributed by atoms with Crippen LogP contribution in [0.5, 0.6) is 5.75 Å². The fourth-order valence-electron chi connectivity index (χ4n) is 2.99. The minimum Gasteiger partial charge on any atom is -0.491 e. The molecular weight excluding hydrogens is 274 g/mol. The molecule has 1 aliphatic heterocycles. The van der Waals surface area contributed by atoms with E-state index in [4.69, 9.17) is 4.74 Å². The van der Waals surface area contributed by atoms with Crippen LogP contribution < -0.4 is 4.74 Å². The first-order chi connectivity index (χ1) is 10.9. The first kappa shape index (κ1) is 15.3. The molecule has 0 radical (unpaired) electrons. The minimum absolute atomic E-state index is 0.754. The summed E-state index contributed by atoms with van der Waals surface area (Å²) in [5.41, 5.74) is 0.960. The van der Waals surface area contributed by atoms with Gasteiger partial charge in [0, 0.05) is 44.3 Å². The summed E-state index contributed by atoms with van der Waals surface area (Å²) in [7, 11) is 0. The molecule has 4 nitrogen and oxygen atoms in total. The van der Waals surface area contributed by atoms with Gasteiger partial charge in [-0.2, -0.15) is 0 Å². The number of ether oxygens (including phenoxy) is 1. The van der Waals surface area contributed by atoms with Gasteiger partial charge in [-0.3, -0.25) is 4.98 Å². The maximum atomic E-state index is 5.95. The van der Waals surface area contributed by atoms with Crippen molar-refractivity contribution in [3.63, 3.8) is 0 Å². The van der Waals surface area contributed by atoms with Gasteiger partial charge in [-0.05, 0) is 25.1 Å². The van der Waals surface area contributed by atoms with E-state index >= 15 is 0 Å². The number of piperazine rings is 1. The van der Waals surface area contributed by atoms with Crippen LogP contribution in [-0.2, 0) is 0 Å². The third-order valence-electron chi connectivity index (χ3n) is 4.38. The monoisotopic (exact) mass is 299 g/mol. The lowest BCUT2D eigenvalue weighted by molar-refractivity contribution is 0.130. The molecule has 2 heterocycles. The highest BCUT2D eigenvalue weighted by Gasteiger charge is 2.14. The Balaban J connectivity index is 1.45. The topological polar surface area (TPSA) is 28.6 Å². The number of aromatic nitrogens is 1. The third kappa shape index (κ3) is 3.76. The number of hydrogen-bond acceptors (Lipinski definition) is 4. The second kappa shape index (κ2) is 7.56. The Morgan fingerprint density at radius 1 is 1.05 bits per heavy atom. The van der Waals surface area contributed by atoms with Crippen LogP contribution >= 0.6 is 0 Å². The second-order valence-corrected chi connectivity index (χ2v) is 5.81. The summed E-state index contributed by atoms with van der Waals surface area (Å²) in [6, 6.07) is 10.1. The predicted octanol–water partition coefficient (Wildman–Crippen LogP) is 2.64. The van der Waals surface area contributed by atoms with E-state index in [9.17, 15) is 0 Å². The highest BCUT2D eigenvalue weighted by Crippen LogP contribution is 2.22. The van der Waals surface area contributed by atoms with Gasteiger partial charge in [0.15, 0.2) is 0 Å². The summed E-state index contributed by atoms with van der Waals surface area (Å²) in [5.74, 6) is 0.897. The van der Waals surface area contributed by atoms with Gasteiger partial charge in [0.25, 0.3) is 0 Å². The van der Waals surface area contributed by atoms with Crippen molar-refractivity contribution in [2.24, 2.45) is 0 Å². The van der Waals surface area contributed by atoms with Crippen LogP contribution in [0.1, 0.15) is 13.3 Å². The molecule has 118 valence electrons. The molecule has 0 spiro atoms. The van der Waals surface area contributed by atoms with Gasteiger partial charge in [-0.15, -0.1) is 0 Å². The zero-order valence-corrected chi connectivity index (χ0v) is 13.4. The lowest BCUT2D eigenvalue weighted by atomic mass is 10.2. The van der Waals surface area contributed by atoms with E-state index in [1.165, 1.54) is 32.7 Å². The number of nitrogens with zero attached hydrogens (tertiary/aromatic N) is 3. The molecule has 0 atom stereocenters. The van der Waals surface area contributed by atoms with E-state index in [0.717, 1.165) is 36.2 Å². The summed E-state index contributed by atoms with van der Waals surface area (Å²) in [6.45, 7) is 10.1. The molecule has 3 rings (SSSR count). The Bertz CT molecular complexity index is 588. The highest BCUT2D eigenvalue weighted by atomic mass is 16.5. The van der Waals surface area contributed by atoms with E-state index in [2.05, 4.69) is 33.8 Å². The van der Waals surface area contributed by atoms with Crippen molar-refractivity contribution in [3.8, 4) is 5.75 Å². The molecule has 1 fully saturated rings. The van der Waals surface area contributed by atoms with E-state index in [-0.39, 0.29) is 0 Å². The molecule has 1 aromatic carbocycles. The number of fused-ring (bicyclic) bond motifs is 1. The van der Waals surface area contributed by atoms with Gasteiger partial charge < -0.3 is 14.5 Å². The smallest absolute Gasteiger partial charge is 0.145 e. The van der Waals surface area contributed by atoms with Crippen LogP contribution in [0.4, 0.5) is 0 Å². The van der Waals surface area contributed by atoms with Crippen molar-refractivity contribution in [2.45, 2.75) is 13.3 Å². The number of pyridine rings is 1. The Morgan fingerprint density at radius 3 is 2.64 bits per heavy atom. The maximum Gasteiger partial charge on any atom is 0.145 e. The van der Waals surface area contributed by atoms with Crippen LogP contribution in [0.2, 0.25) is 0 Å². The van der Waals surface area contributed by atoms with Crippen molar-refractivity contribution < 1.29 is 4.74 Å². The van der Waals surface area contributed by atoms with E-state index in [0.29, 0.717) is 0 Å². The Morgan fingerprint density at radius 2 is 1.82 bits per heavy atom. The number of likely N-dealkylation sites (N-methyl/N-ethyl adjacent to an activating group) is 1. The normalized spacial score (nSPS) is 17.0. The molecule has 0 amide bonds. The lowest BCUT2D eigenvalue weighted by Gasteiger charge is -2.33. The Hall–Kier alpha value is -1.65. The van der Waals surface area contributed by atoms with Crippen LogP contribution in [0.15, 0.2) is 36.5 Å². The number of benzene rings is 1. The van der Waals surface area contributed by atoms with Crippen LogP contribution in [0.25, 0.3) is 10.9 Å². The van der Waals surface area contributed by atoms with Crippen molar-refractivity contribution in [3.05, 3.63) is 36.5 Å². The number of rotatable bonds is 6. The number of hydrogen-bond donors (Lipinski definition) is 0. The summed E-state index contributed by atoms with van der Waals surface area (Å²) < 4.78 is 5.95. The largest absolute Gasteiger partial charge is 0.491 e. The van der Waals surface area contributed by atoms with E-state index in [1.54, 1.807) is 0 Å². The third-order valence-corrected chi connectivity index (χ3v) is 4.38. The molecular formula is C18H25N3O. The molecule has 0 saturated carbocycles. The zero-order chi connectivity index (χ0) is 15.2. The molecule has 1 aliphatic rings. The molecule has 22 heavy (non-hydrogen) atoms. The van der Waals surface area contributed by atoms with Crippen LogP contribution in [0.3, 0.4) is 0 Å². The first-order valence-electron chi connectivity index (χ1n) is 8.28. The van der Waals surface area contributed by atoms with E-state index in [1.807, 2.05) is 24.4 Å². The molecule has 0 unspecified atom stereocenters. The van der Waals surface area contributed by atoms with Gasteiger partial charge in [0.2, 0.25) is 0 Å². The van der Waals surface area contributed by atoms with Gasteiger partial charge >= 0.3 is 0 Å². The molecule has 2 aromatic rings. The van der Waals surface area contributed by atoms with Crippen LogP contribution in [0, 0.1) is 0 Å². The van der Waals surface area contributed by atoms with Gasteiger partial charge in [0.1, 0.15) is 11.3 Å². The van der Waals surface area contributed by atoms with Gasteiger partial charge in [0.05, 0.1) is 6.61 Å². The first-order valence-corrected chi connectivity index (χ1v) is 8.28. The standard InChI is InChI=1S/C18H25N3O/c1-2-20-11-13-21(14-12-20)10-5-15-22-17-8-3-6-16-7-4-9-19-18(16)17/h3-4,6-9H,2,5,10-15H2,1H3. The molecule has 0 N–H and O–H groups in total. The Kier molecular flexibility index (Phi) is 5.24. The zero-order valence-electron chi connectivity index (χ0n) is 13.4. The van der Waals surface area contributed by atoms with Crippen molar-refractivity contribution in [1.82, 2.24) is 14.8 Å². The summed E-state index contributed by atoms with van der Waals surface area (Å²) in [6.07, 6.45) is 2.89. The quantitative estimate of drug-likeness (QED) is 0.767. The predicted molar refractivity (Wildman–Crippen MR) is 90.4 cm³/mol. The molecule has 4 heteroatoms. The maximum absolute atomic E-state index is 5.95. The summed E-state index contributed by atoms with van der Waals surface area (Å²) in [5, 5.41) is 1.13. The molecule has 1 aromatic heterocycles. The van der Waals surface area contributed by atoms with Crippen LogP contribution in [-0.4, -0.2) is 60.7 Å². The summed E-state index contributed by atoms with van der Waals surface area (Å²) in [4.78, 5) is 9.47. The van der Waals surface area contributed by atoms with Gasteiger partial charge in [-0.25, -0.2) is 0 Å². The molecule has 1 saturated heterocycles. The molecule has 0 bridgehead atoms. The van der Waals surface area contributed by atoms with Gasteiger partial charge in [-0.1, -0.05) is 25.1 Å². The average Bonchev–Trinajstić information content (AvgIpc) is 2.59. The minimum atomic E-state index is 0.754. The fraction of sp³-hybridized carbons (Fsp3) is 0.500. The average molecular weight is 299 g/mol. The van der Waals surface area contributed by atoms with Crippen molar-refractivity contribution in [1.29, 1.82) is 0 Å². The second-order valence-electron chi connectivity index (χ2n) is 5.81.